The number of nitrogens with one attached hydrogen (secondary N) is 2. The number of ether oxygens (including phenoxy) is 3. The molecule has 2 aromatic carbocycles. The second-order valence-electron chi connectivity index (χ2n) is 12.9. The van der Waals surface area contributed by atoms with Gasteiger partial charge in [-0.05, 0) is 70.4 Å². The SMILES string of the molecule is CC1(C)OC1CCC1(C)OC1CCC12CC(C(=O)NCc3ccccc3)C(C(=O)NCc3ccccc3)CC1O2. The maximum atomic E-state index is 13.5. The van der Waals surface area contributed by atoms with E-state index in [1.807, 2.05) is 60.7 Å². The number of amides is 2. The minimum Gasteiger partial charge on any atom is -0.367 e. The van der Waals surface area contributed by atoms with Gasteiger partial charge < -0.3 is 24.8 Å². The number of carbonyl (C=O) groups excluding carboxylic acids is 2. The van der Waals surface area contributed by atoms with E-state index in [-0.39, 0.29) is 40.8 Å². The van der Waals surface area contributed by atoms with Gasteiger partial charge in [-0.2, -0.15) is 0 Å². The van der Waals surface area contributed by atoms with Crippen molar-refractivity contribution in [3.63, 3.8) is 0 Å². The van der Waals surface area contributed by atoms with Gasteiger partial charge in [0.2, 0.25) is 11.8 Å². The Kier molecular flexibility index (Phi) is 7.26. The lowest BCUT2D eigenvalue weighted by atomic mass is 9.71. The molecular weight excluding hydrogens is 504 g/mol. The Bertz CT molecular complexity index is 1220. The van der Waals surface area contributed by atoms with Gasteiger partial charge >= 0.3 is 0 Å². The molecule has 7 atom stereocenters. The van der Waals surface area contributed by atoms with Crippen LogP contribution >= 0.6 is 0 Å². The molecule has 7 unspecified atom stereocenters. The summed E-state index contributed by atoms with van der Waals surface area (Å²) in [6, 6.07) is 19.7. The first-order valence-electron chi connectivity index (χ1n) is 14.8. The lowest BCUT2D eigenvalue weighted by Gasteiger charge is -2.32. The van der Waals surface area contributed by atoms with Crippen molar-refractivity contribution in [2.75, 3.05) is 0 Å². The average molecular weight is 547 g/mol. The van der Waals surface area contributed by atoms with Crippen LogP contribution in [0.2, 0.25) is 0 Å². The first-order chi connectivity index (χ1) is 19.2. The van der Waals surface area contributed by atoms with Crippen LogP contribution in [0.15, 0.2) is 60.7 Å². The summed E-state index contributed by atoms with van der Waals surface area (Å²) in [5.41, 5.74) is 1.66. The van der Waals surface area contributed by atoms with E-state index >= 15 is 0 Å². The summed E-state index contributed by atoms with van der Waals surface area (Å²) in [4.78, 5) is 26.9. The topological polar surface area (TPSA) is 95.8 Å². The van der Waals surface area contributed by atoms with Gasteiger partial charge in [-0.1, -0.05) is 60.7 Å². The standard InChI is InChI=1S/C33H42N2O5/c1-31(2)26(38-31)14-16-32(3)27(39-32)15-17-33-19-25(30(37)35-21-23-12-8-5-9-13-23)24(18-28(33)40-33)29(36)34-20-22-10-6-4-7-11-22/h4-13,24-28H,14-21H2,1-3H3,(H,34,36)(H,35,37). The van der Waals surface area contributed by atoms with Crippen molar-refractivity contribution in [1.82, 2.24) is 10.6 Å². The Labute approximate surface area is 237 Å². The third kappa shape index (κ3) is 5.97. The number of hydrogen-bond acceptors (Lipinski definition) is 5. The highest BCUT2D eigenvalue weighted by molar-refractivity contribution is 5.88. The molecule has 2 aromatic rings. The molecule has 7 heteroatoms. The first kappa shape index (κ1) is 27.4. The average Bonchev–Trinajstić information content (AvgIpc) is 3.90. The van der Waals surface area contributed by atoms with Crippen molar-refractivity contribution in [3.8, 4) is 0 Å². The van der Waals surface area contributed by atoms with Crippen molar-refractivity contribution < 1.29 is 23.8 Å². The van der Waals surface area contributed by atoms with Crippen LogP contribution in [0.1, 0.15) is 70.4 Å². The van der Waals surface area contributed by atoms with Crippen molar-refractivity contribution in [2.24, 2.45) is 11.8 Å². The van der Waals surface area contributed by atoms with Gasteiger partial charge in [-0.3, -0.25) is 9.59 Å². The van der Waals surface area contributed by atoms with E-state index in [1.165, 1.54) is 0 Å². The second kappa shape index (κ2) is 10.6. The van der Waals surface area contributed by atoms with Crippen LogP contribution in [0.25, 0.3) is 0 Å². The summed E-state index contributed by atoms with van der Waals surface area (Å²) < 4.78 is 18.2. The van der Waals surface area contributed by atoms with Crippen LogP contribution in [0.4, 0.5) is 0 Å². The Balaban J connectivity index is 1.07. The number of rotatable bonds is 12. The van der Waals surface area contributed by atoms with Crippen LogP contribution in [0.5, 0.6) is 0 Å². The number of hydrogen-bond donors (Lipinski definition) is 2. The van der Waals surface area contributed by atoms with E-state index in [1.54, 1.807) is 0 Å². The molecule has 3 saturated heterocycles. The quantitative estimate of drug-likeness (QED) is 0.377. The number of fused-ring (bicyclic) bond motifs is 1. The van der Waals surface area contributed by atoms with Crippen molar-refractivity contribution in [3.05, 3.63) is 71.8 Å². The molecule has 2 N–H and O–H groups in total. The molecule has 3 aliphatic heterocycles. The molecule has 4 fully saturated rings. The molecule has 40 heavy (non-hydrogen) atoms. The lowest BCUT2D eigenvalue weighted by Crippen LogP contribution is -2.47. The zero-order valence-electron chi connectivity index (χ0n) is 23.9. The maximum absolute atomic E-state index is 13.5. The molecule has 4 aliphatic rings. The lowest BCUT2D eigenvalue weighted by molar-refractivity contribution is -0.136. The summed E-state index contributed by atoms with van der Waals surface area (Å²) in [6.07, 6.45) is 5.48. The normalized spacial score (nSPS) is 34.8. The third-order valence-corrected chi connectivity index (χ3v) is 9.65. The minimum absolute atomic E-state index is 0.0108. The molecule has 3 heterocycles. The van der Waals surface area contributed by atoms with Crippen molar-refractivity contribution in [2.45, 2.75) is 108 Å². The fourth-order valence-corrected chi connectivity index (χ4v) is 6.73. The number of carbonyl (C=O) groups is 2. The largest absolute Gasteiger partial charge is 0.367 e. The van der Waals surface area contributed by atoms with Crippen molar-refractivity contribution in [1.29, 1.82) is 0 Å². The van der Waals surface area contributed by atoms with Crippen LogP contribution in [0, 0.1) is 11.8 Å². The summed E-state index contributed by atoms with van der Waals surface area (Å²) in [7, 11) is 0. The van der Waals surface area contributed by atoms with Crippen LogP contribution < -0.4 is 10.6 Å². The molecule has 2 amide bonds. The highest BCUT2D eigenvalue weighted by atomic mass is 16.6. The third-order valence-electron chi connectivity index (χ3n) is 9.65. The van der Waals surface area contributed by atoms with E-state index in [2.05, 4.69) is 31.4 Å². The van der Waals surface area contributed by atoms with Crippen LogP contribution in [-0.2, 0) is 36.9 Å². The maximum Gasteiger partial charge on any atom is 0.224 e. The fraction of sp³-hybridized carbons (Fsp3) is 0.576. The van der Waals surface area contributed by atoms with Gasteiger partial charge in [0.15, 0.2) is 0 Å². The Morgan fingerprint density at radius 3 is 1.88 bits per heavy atom. The molecule has 1 saturated carbocycles. The second-order valence-corrected chi connectivity index (χ2v) is 12.9. The van der Waals surface area contributed by atoms with Crippen LogP contribution in [-0.4, -0.2) is 46.9 Å². The summed E-state index contributed by atoms with van der Waals surface area (Å²) in [6.45, 7) is 7.37. The summed E-state index contributed by atoms with van der Waals surface area (Å²) in [5, 5.41) is 6.18. The summed E-state index contributed by atoms with van der Waals surface area (Å²) >= 11 is 0. The first-order valence-corrected chi connectivity index (χ1v) is 14.8. The fourth-order valence-electron chi connectivity index (χ4n) is 6.73. The smallest absolute Gasteiger partial charge is 0.224 e. The minimum atomic E-state index is -0.431. The molecule has 6 rings (SSSR count). The van der Waals surface area contributed by atoms with E-state index in [0.29, 0.717) is 32.0 Å². The van der Waals surface area contributed by atoms with Gasteiger partial charge in [0.05, 0.1) is 47.0 Å². The van der Waals surface area contributed by atoms with Crippen LogP contribution in [0.3, 0.4) is 0 Å². The van der Waals surface area contributed by atoms with Crippen molar-refractivity contribution >= 4 is 11.8 Å². The predicted molar refractivity (Wildman–Crippen MR) is 151 cm³/mol. The molecule has 0 radical (unpaired) electrons. The number of benzene rings is 2. The molecule has 7 nitrogen and oxygen atoms in total. The number of epoxide rings is 3. The molecule has 1 aliphatic carbocycles. The van der Waals surface area contributed by atoms with Gasteiger partial charge in [0.25, 0.3) is 0 Å². The Morgan fingerprint density at radius 2 is 1.30 bits per heavy atom. The molecular formula is C33H42N2O5. The monoisotopic (exact) mass is 546 g/mol. The Morgan fingerprint density at radius 1 is 0.750 bits per heavy atom. The van der Waals surface area contributed by atoms with Gasteiger partial charge in [0, 0.05) is 13.1 Å². The zero-order chi connectivity index (χ0) is 28.0. The summed E-state index contributed by atoms with van der Waals surface area (Å²) in [5.74, 6) is -0.990. The van der Waals surface area contributed by atoms with E-state index in [9.17, 15) is 9.59 Å². The molecule has 0 spiro atoms. The molecule has 214 valence electrons. The van der Waals surface area contributed by atoms with Gasteiger partial charge in [-0.15, -0.1) is 0 Å². The Hall–Kier alpha value is -2.74. The predicted octanol–water partition coefficient (Wildman–Crippen LogP) is 4.68. The van der Waals surface area contributed by atoms with E-state index < -0.39 is 11.8 Å². The van der Waals surface area contributed by atoms with E-state index in [4.69, 9.17) is 14.2 Å². The van der Waals surface area contributed by atoms with E-state index in [0.717, 1.165) is 36.8 Å². The molecule has 0 bridgehead atoms. The highest BCUT2D eigenvalue weighted by Crippen LogP contribution is 2.56. The van der Waals surface area contributed by atoms with Gasteiger partial charge in [-0.25, -0.2) is 0 Å². The van der Waals surface area contributed by atoms with Gasteiger partial charge in [0.1, 0.15) is 0 Å². The zero-order valence-corrected chi connectivity index (χ0v) is 23.9. The molecule has 0 aromatic heterocycles. The highest BCUT2D eigenvalue weighted by Gasteiger charge is 2.64.